The fourth-order valence-electron chi connectivity index (χ4n) is 3.92. The van der Waals surface area contributed by atoms with Crippen molar-refractivity contribution in [2.24, 2.45) is 4.99 Å². The second-order valence-corrected chi connectivity index (χ2v) is 7.85. The largest absolute Gasteiger partial charge is 0.490 e. The summed E-state index contributed by atoms with van der Waals surface area (Å²) in [6, 6.07) is 10.2. The lowest BCUT2D eigenvalue weighted by molar-refractivity contribution is 0.129. The molecule has 156 valence electrons. The quantitative estimate of drug-likeness (QED) is 0.598. The molecule has 3 rings (SSSR count). The first-order valence-electron chi connectivity index (χ1n) is 10.9. The summed E-state index contributed by atoms with van der Waals surface area (Å²) in [5, 5.41) is 3.48. The molecule has 1 aromatic rings. The van der Waals surface area contributed by atoms with E-state index in [9.17, 15) is 0 Å². The van der Waals surface area contributed by atoms with E-state index in [1.54, 1.807) is 0 Å². The molecule has 0 aliphatic carbocycles. The summed E-state index contributed by atoms with van der Waals surface area (Å²) in [5.41, 5.74) is 0. The lowest BCUT2D eigenvalue weighted by Gasteiger charge is -2.34. The van der Waals surface area contributed by atoms with Crippen LogP contribution in [0.1, 0.15) is 26.2 Å². The van der Waals surface area contributed by atoms with Crippen LogP contribution in [0, 0.1) is 0 Å². The first-order valence-corrected chi connectivity index (χ1v) is 10.9. The SMILES string of the molecule is CCNC(=NCCN1CCCN(C)CC1)N1CCC(Oc2ccccc2)CC1. The van der Waals surface area contributed by atoms with Crippen LogP contribution in [0.25, 0.3) is 0 Å². The molecule has 2 heterocycles. The Labute approximate surface area is 170 Å². The number of hydrogen-bond acceptors (Lipinski definition) is 4. The average molecular weight is 388 g/mol. The van der Waals surface area contributed by atoms with Crippen LogP contribution >= 0.6 is 0 Å². The predicted molar refractivity (Wildman–Crippen MR) is 116 cm³/mol. The van der Waals surface area contributed by atoms with E-state index in [1.807, 2.05) is 30.3 Å². The van der Waals surface area contributed by atoms with E-state index in [0.29, 0.717) is 6.10 Å². The minimum absolute atomic E-state index is 0.301. The van der Waals surface area contributed by atoms with Crippen molar-refractivity contribution >= 4 is 5.96 Å². The topological polar surface area (TPSA) is 43.3 Å². The van der Waals surface area contributed by atoms with E-state index >= 15 is 0 Å². The molecular formula is C22H37N5O. The van der Waals surface area contributed by atoms with Gasteiger partial charge in [0.25, 0.3) is 0 Å². The smallest absolute Gasteiger partial charge is 0.193 e. The maximum atomic E-state index is 6.13. The van der Waals surface area contributed by atoms with E-state index in [2.05, 4.69) is 34.0 Å². The molecule has 0 aromatic heterocycles. The molecule has 1 aromatic carbocycles. The number of guanidine groups is 1. The highest BCUT2D eigenvalue weighted by molar-refractivity contribution is 5.80. The predicted octanol–water partition coefficient (Wildman–Crippen LogP) is 2.13. The average Bonchev–Trinajstić information content (AvgIpc) is 2.93. The van der Waals surface area contributed by atoms with Crippen LogP contribution in [0.15, 0.2) is 35.3 Å². The summed E-state index contributed by atoms with van der Waals surface area (Å²) in [7, 11) is 2.22. The molecule has 0 unspecified atom stereocenters. The first kappa shape index (κ1) is 20.9. The zero-order valence-corrected chi connectivity index (χ0v) is 17.6. The van der Waals surface area contributed by atoms with Crippen LogP contribution < -0.4 is 10.1 Å². The molecule has 6 nitrogen and oxygen atoms in total. The molecule has 6 heteroatoms. The number of likely N-dealkylation sites (tertiary alicyclic amines) is 1. The van der Waals surface area contributed by atoms with Crippen LogP contribution in [0.5, 0.6) is 5.75 Å². The van der Waals surface area contributed by atoms with Gasteiger partial charge in [0.05, 0.1) is 6.54 Å². The number of para-hydroxylation sites is 1. The zero-order chi connectivity index (χ0) is 19.6. The van der Waals surface area contributed by atoms with Gasteiger partial charge in [-0.3, -0.25) is 4.99 Å². The molecule has 0 amide bonds. The van der Waals surface area contributed by atoms with E-state index in [1.165, 1.54) is 26.1 Å². The van der Waals surface area contributed by atoms with E-state index in [-0.39, 0.29) is 0 Å². The Morgan fingerprint density at radius 2 is 1.86 bits per heavy atom. The van der Waals surface area contributed by atoms with Crippen LogP contribution in [0.4, 0.5) is 0 Å². The molecule has 2 aliphatic rings. The van der Waals surface area contributed by atoms with Crippen molar-refractivity contribution in [1.29, 1.82) is 0 Å². The number of piperidine rings is 1. The van der Waals surface area contributed by atoms with Gasteiger partial charge in [0.1, 0.15) is 11.9 Å². The Balaban J connectivity index is 1.45. The minimum Gasteiger partial charge on any atom is -0.490 e. The number of rotatable bonds is 6. The maximum Gasteiger partial charge on any atom is 0.193 e. The molecule has 2 fully saturated rings. The van der Waals surface area contributed by atoms with Crippen molar-refractivity contribution in [2.75, 3.05) is 66.0 Å². The maximum absolute atomic E-state index is 6.13. The summed E-state index contributed by atoms with van der Waals surface area (Å²) in [6.45, 7) is 11.7. The molecule has 0 atom stereocenters. The van der Waals surface area contributed by atoms with Crippen molar-refractivity contribution in [3.63, 3.8) is 0 Å². The third-order valence-electron chi connectivity index (χ3n) is 5.61. The number of nitrogens with zero attached hydrogens (tertiary/aromatic N) is 4. The summed E-state index contributed by atoms with van der Waals surface area (Å²) in [5.74, 6) is 2.04. The molecule has 1 N–H and O–H groups in total. The third-order valence-corrected chi connectivity index (χ3v) is 5.61. The second kappa shape index (κ2) is 11.3. The van der Waals surface area contributed by atoms with Crippen LogP contribution in [-0.2, 0) is 0 Å². The highest BCUT2D eigenvalue weighted by Gasteiger charge is 2.22. The van der Waals surface area contributed by atoms with Gasteiger partial charge in [0.2, 0.25) is 0 Å². The van der Waals surface area contributed by atoms with Crippen LogP contribution in [0.3, 0.4) is 0 Å². The molecule has 2 aliphatic heterocycles. The van der Waals surface area contributed by atoms with E-state index < -0.39 is 0 Å². The van der Waals surface area contributed by atoms with Crippen molar-refractivity contribution in [3.05, 3.63) is 30.3 Å². The Morgan fingerprint density at radius 3 is 2.61 bits per heavy atom. The minimum atomic E-state index is 0.301. The fraction of sp³-hybridized carbons (Fsp3) is 0.682. The van der Waals surface area contributed by atoms with Gasteiger partial charge in [0.15, 0.2) is 5.96 Å². The molecule has 0 radical (unpaired) electrons. The van der Waals surface area contributed by atoms with Gasteiger partial charge < -0.3 is 24.8 Å². The molecule has 0 bridgehead atoms. The fourth-order valence-corrected chi connectivity index (χ4v) is 3.92. The van der Waals surface area contributed by atoms with Crippen LogP contribution in [-0.4, -0.2) is 92.7 Å². The number of nitrogens with one attached hydrogen (secondary N) is 1. The third kappa shape index (κ3) is 6.67. The Morgan fingerprint density at radius 1 is 1.07 bits per heavy atom. The summed E-state index contributed by atoms with van der Waals surface area (Å²) in [6.07, 6.45) is 3.64. The first-order chi connectivity index (χ1) is 13.7. The molecule has 0 saturated carbocycles. The van der Waals surface area contributed by atoms with Gasteiger partial charge >= 0.3 is 0 Å². The lowest BCUT2D eigenvalue weighted by atomic mass is 10.1. The second-order valence-electron chi connectivity index (χ2n) is 7.85. The van der Waals surface area contributed by atoms with Crippen molar-refractivity contribution in [3.8, 4) is 5.75 Å². The highest BCUT2D eigenvalue weighted by atomic mass is 16.5. The highest BCUT2D eigenvalue weighted by Crippen LogP contribution is 2.18. The van der Waals surface area contributed by atoms with Gasteiger partial charge in [-0.15, -0.1) is 0 Å². The number of ether oxygens (including phenoxy) is 1. The Kier molecular flexibility index (Phi) is 8.42. The molecule has 2 saturated heterocycles. The normalized spacial score (nSPS) is 20.8. The number of likely N-dealkylation sites (N-methyl/N-ethyl adjacent to an activating group) is 1. The molecule has 28 heavy (non-hydrogen) atoms. The monoisotopic (exact) mass is 387 g/mol. The Hall–Kier alpha value is -1.79. The van der Waals surface area contributed by atoms with E-state index in [0.717, 1.165) is 63.8 Å². The van der Waals surface area contributed by atoms with Crippen molar-refractivity contribution in [1.82, 2.24) is 20.0 Å². The standard InChI is InChI=1S/C22H37N5O/c1-3-23-22(24-12-17-26-14-7-13-25(2)18-19-26)27-15-10-21(11-16-27)28-20-8-5-4-6-9-20/h4-6,8-9,21H,3,7,10-19H2,1-2H3,(H,23,24). The van der Waals surface area contributed by atoms with Gasteiger partial charge in [0, 0.05) is 52.1 Å². The summed E-state index contributed by atoms with van der Waals surface area (Å²) < 4.78 is 6.13. The van der Waals surface area contributed by atoms with Gasteiger partial charge in [-0.05, 0) is 45.6 Å². The molecule has 0 spiro atoms. The number of hydrogen-bond donors (Lipinski definition) is 1. The van der Waals surface area contributed by atoms with Crippen molar-refractivity contribution in [2.45, 2.75) is 32.3 Å². The zero-order valence-electron chi connectivity index (χ0n) is 17.6. The van der Waals surface area contributed by atoms with Crippen LogP contribution in [0.2, 0.25) is 0 Å². The van der Waals surface area contributed by atoms with Gasteiger partial charge in [-0.2, -0.15) is 0 Å². The number of aliphatic imine (C=N–C) groups is 1. The van der Waals surface area contributed by atoms with Gasteiger partial charge in [-0.1, -0.05) is 18.2 Å². The van der Waals surface area contributed by atoms with Crippen molar-refractivity contribution < 1.29 is 4.74 Å². The molecular weight excluding hydrogens is 350 g/mol. The summed E-state index contributed by atoms with van der Waals surface area (Å²) >= 11 is 0. The summed E-state index contributed by atoms with van der Waals surface area (Å²) in [4.78, 5) is 12.3. The number of benzene rings is 1. The lowest BCUT2D eigenvalue weighted by Crippen LogP contribution is -2.47. The Bertz CT molecular complexity index is 586. The van der Waals surface area contributed by atoms with E-state index in [4.69, 9.17) is 9.73 Å². The van der Waals surface area contributed by atoms with Gasteiger partial charge in [-0.25, -0.2) is 0 Å².